The summed E-state index contributed by atoms with van der Waals surface area (Å²) in [7, 11) is -1.23. The average molecular weight is 571 g/mol. The SMILES string of the molecule is CCc1nc2ccc(C3CCN(S(C)(=O)=O)CC3)cn2c1N(C)c1nc(-c2ccc(F)cc2NC(C)=O)cs1. The number of nitrogens with one attached hydrogen (secondary N) is 1. The number of imidazole rings is 1. The van der Waals surface area contributed by atoms with Crippen LogP contribution in [0.15, 0.2) is 41.9 Å². The Hall–Kier alpha value is -3.35. The molecule has 4 heterocycles. The molecule has 0 spiro atoms. The summed E-state index contributed by atoms with van der Waals surface area (Å²) in [5.41, 5.74) is 4.55. The van der Waals surface area contributed by atoms with Crippen LogP contribution in [0.1, 0.15) is 43.9 Å². The predicted molar refractivity (Wildman–Crippen MR) is 153 cm³/mol. The molecular weight excluding hydrogens is 539 g/mol. The molecule has 1 aliphatic heterocycles. The molecule has 0 aliphatic carbocycles. The van der Waals surface area contributed by atoms with Crippen molar-refractivity contribution in [3.8, 4) is 11.3 Å². The third-order valence-electron chi connectivity index (χ3n) is 7.08. The summed E-state index contributed by atoms with van der Waals surface area (Å²) in [5.74, 6) is 0.442. The van der Waals surface area contributed by atoms with Gasteiger partial charge in [-0.25, -0.2) is 27.1 Å². The van der Waals surface area contributed by atoms with E-state index in [1.807, 2.05) is 23.4 Å². The highest BCUT2D eigenvalue weighted by molar-refractivity contribution is 7.88. The molecule has 3 aromatic heterocycles. The number of carbonyl (C=O) groups excluding carboxylic acids is 1. The summed E-state index contributed by atoms with van der Waals surface area (Å²) in [6, 6.07) is 8.37. The number of sulfonamides is 1. The van der Waals surface area contributed by atoms with E-state index < -0.39 is 15.8 Å². The van der Waals surface area contributed by atoms with Crippen molar-refractivity contribution in [1.29, 1.82) is 0 Å². The number of piperidine rings is 1. The van der Waals surface area contributed by atoms with Gasteiger partial charge in [-0.15, -0.1) is 11.3 Å². The molecule has 0 unspecified atom stereocenters. The van der Waals surface area contributed by atoms with Gasteiger partial charge >= 0.3 is 0 Å². The van der Waals surface area contributed by atoms with E-state index in [-0.39, 0.29) is 11.8 Å². The molecule has 1 saturated heterocycles. The standard InChI is InChI=1S/C27H31FN6O3S2/c1-5-22-26(32(3)27-31-24(16-38-27)21-8-7-20(28)14-23(21)29-17(2)35)34-15-19(6-9-25(34)30-22)18-10-12-33(13-11-18)39(4,36)37/h6-9,14-16,18H,5,10-13H2,1-4H3,(H,29,35). The number of nitrogens with zero attached hydrogens (tertiary/aromatic N) is 5. The first-order valence-electron chi connectivity index (χ1n) is 12.8. The number of hydrogen-bond donors (Lipinski definition) is 1. The van der Waals surface area contributed by atoms with Crippen molar-refractivity contribution in [3.05, 3.63) is 59.0 Å². The monoisotopic (exact) mass is 570 g/mol. The van der Waals surface area contributed by atoms with Crippen molar-refractivity contribution in [2.24, 2.45) is 0 Å². The number of fused-ring (bicyclic) bond motifs is 1. The van der Waals surface area contributed by atoms with Gasteiger partial charge in [0.2, 0.25) is 15.9 Å². The maximum atomic E-state index is 13.9. The molecule has 39 heavy (non-hydrogen) atoms. The van der Waals surface area contributed by atoms with Crippen LogP contribution in [0.5, 0.6) is 0 Å². The van der Waals surface area contributed by atoms with Crippen LogP contribution in [0.4, 0.5) is 21.0 Å². The molecule has 1 aromatic carbocycles. The van der Waals surface area contributed by atoms with Gasteiger partial charge < -0.3 is 10.2 Å². The Morgan fingerprint density at radius 2 is 1.95 bits per heavy atom. The largest absolute Gasteiger partial charge is 0.326 e. The normalized spacial score (nSPS) is 15.1. The zero-order chi connectivity index (χ0) is 27.9. The highest BCUT2D eigenvalue weighted by Crippen LogP contribution is 2.37. The third-order valence-corrected chi connectivity index (χ3v) is 9.30. The molecule has 5 rings (SSSR count). The molecule has 0 atom stereocenters. The molecule has 0 bridgehead atoms. The number of aryl methyl sites for hydroxylation is 1. The number of rotatable bonds is 7. The lowest BCUT2D eigenvalue weighted by atomic mass is 9.91. The second-order valence-electron chi connectivity index (χ2n) is 9.81. The molecule has 9 nitrogen and oxygen atoms in total. The number of amides is 1. The van der Waals surface area contributed by atoms with Crippen molar-refractivity contribution in [3.63, 3.8) is 0 Å². The average Bonchev–Trinajstić information content (AvgIpc) is 3.52. The Balaban J connectivity index is 1.47. The number of anilines is 3. The summed E-state index contributed by atoms with van der Waals surface area (Å²) >= 11 is 1.45. The molecule has 12 heteroatoms. The van der Waals surface area contributed by atoms with E-state index in [9.17, 15) is 17.6 Å². The van der Waals surface area contributed by atoms with Crippen molar-refractivity contribution >= 4 is 49.6 Å². The Morgan fingerprint density at radius 1 is 1.21 bits per heavy atom. The minimum absolute atomic E-state index is 0.259. The Kier molecular flexibility index (Phi) is 7.45. The van der Waals surface area contributed by atoms with Crippen molar-refractivity contribution in [2.45, 2.75) is 39.0 Å². The number of halogens is 1. The fourth-order valence-electron chi connectivity index (χ4n) is 5.12. The van der Waals surface area contributed by atoms with Crippen molar-refractivity contribution in [1.82, 2.24) is 18.7 Å². The fraction of sp³-hybridized carbons (Fsp3) is 0.370. The van der Waals surface area contributed by atoms with Crippen molar-refractivity contribution < 1.29 is 17.6 Å². The van der Waals surface area contributed by atoms with Gasteiger partial charge in [0.15, 0.2) is 5.13 Å². The molecule has 1 N–H and O–H groups in total. The van der Waals surface area contributed by atoms with Gasteiger partial charge in [-0.05, 0) is 55.0 Å². The van der Waals surface area contributed by atoms with Gasteiger partial charge in [0, 0.05) is 44.2 Å². The lowest BCUT2D eigenvalue weighted by Crippen LogP contribution is -2.37. The van der Waals surface area contributed by atoms with Gasteiger partial charge in [0.05, 0.1) is 23.3 Å². The summed E-state index contributed by atoms with van der Waals surface area (Å²) in [6.45, 7) is 4.48. The topological polar surface area (TPSA) is 99.9 Å². The zero-order valence-corrected chi connectivity index (χ0v) is 23.9. The molecule has 0 radical (unpaired) electrons. The van der Waals surface area contributed by atoms with Crippen LogP contribution in [0.25, 0.3) is 16.9 Å². The molecule has 1 aliphatic rings. The lowest BCUT2D eigenvalue weighted by Gasteiger charge is -2.30. The van der Waals surface area contributed by atoms with E-state index >= 15 is 0 Å². The molecule has 0 saturated carbocycles. The highest BCUT2D eigenvalue weighted by Gasteiger charge is 2.27. The first kappa shape index (κ1) is 27.2. The van der Waals surface area contributed by atoms with Crippen LogP contribution >= 0.6 is 11.3 Å². The molecule has 1 fully saturated rings. The number of pyridine rings is 1. The quantitative estimate of drug-likeness (QED) is 0.335. The van der Waals surface area contributed by atoms with E-state index in [2.05, 4.69) is 28.9 Å². The summed E-state index contributed by atoms with van der Waals surface area (Å²) in [4.78, 5) is 23.4. The van der Waals surface area contributed by atoms with Crippen molar-refractivity contribution in [2.75, 3.05) is 36.6 Å². The van der Waals surface area contributed by atoms with Gasteiger partial charge in [0.1, 0.15) is 17.3 Å². The van der Waals surface area contributed by atoms with E-state index in [1.54, 1.807) is 10.4 Å². The first-order valence-corrected chi connectivity index (χ1v) is 15.5. The van der Waals surface area contributed by atoms with E-state index in [1.165, 1.54) is 36.6 Å². The van der Waals surface area contributed by atoms with Crippen LogP contribution in [0.2, 0.25) is 0 Å². The van der Waals surface area contributed by atoms with Gasteiger partial charge in [-0.2, -0.15) is 0 Å². The zero-order valence-electron chi connectivity index (χ0n) is 22.3. The highest BCUT2D eigenvalue weighted by atomic mass is 32.2. The third kappa shape index (κ3) is 5.54. The molecule has 1 amide bonds. The predicted octanol–water partition coefficient (Wildman–Crippen LogP) is 5.02. The molecule has 4 aromatic rings. The summed E-state index contributed by atoms with van der Waals surface area (Å²) < 4.78 is 41.4. The number of thiazole rings is 1. The Morgan fingerprint density at radius 3 is 2.62 bits per heavy atom. The van der Waals surface area contributed by atoms with Gasteiger partial charge in [-0.1, -0.05) is 13.0 Å². The van der Waals surface area contributed by atoms with Gasteiger partial charge in [-0.3, -0.25) is 9.20 Å². The smallest absolute Gasteiger partial charge is 0.221 e. The van der Waals surface area contributed by atoms with Crippen LogP contribution in [-0.2, 0) is 21.2 Å². The maximum absolute atomic E-state index is 13.9. The number of carbonyl (C=O) groups is 1. The van der Waals surface area contributed by atoms with E-state index in [0.717, 1.165) is 47.1 Å². The molecular formula is C27H31FN6O3S2. The maximum Gasteiger partial charge on any atom is 0.221 e. The van der Waals surface area contributed by atoms with Crippen LogP contribution in [0, 0.1) is 5.82 Å². The first-order chi connectivity index (χ1) is 18.5. The fourth-order valence-corrected chi connectivity index (χ4v) is 6.78. The van der Waals surface area contributed by atoms with Crippen LogP contribution in [-0.4, -0.2) is 59.4 Å². The molecule has 206 valence electrons. The van der Waals surface area contributed by atoms with Crippen LogP contribution in [0.3, 0.4) is 0 Å². The number of benzene rings is 1. The van der Waals surface area contributed by atoms with Crippen LogP contribution < -0.4 is 10.2 Å². The number of hydrogen-bond acceptors (Lipinski definition) is 7. The minimum atomic E-state index is -3.18. The number of aromatic nitrogens is 3. The summed E-state index contributed by atoms with van der Waals surface area (Å²) in [5, 5.41) is 5.31. The van der Waals surface area contributed by atoms with E-state index in [4.69, 9.17) is 9.97 Å². The van der Waals surface area contributed by atoms with Gasteiger partial charge in [0.25, 0.3) is 0 Å². The summed E-state index contributed by atoms with van der Waals surface area (Å²) in [6.07, 6.45) is 5.64. The minimum Gasteiger partial charge on any atom is -0.326 e. The second-order valence-corrected chi connectivity index (χ2v) is 12.6. The van der Waals surface area contributed by atoms with E-state index in [0.29, 0.717) is 30.0 Å². The Labute approximate surface area is 231 Å². The Bertz CT molecular complexity index is 1640. The lowest BCUT2D eigenvalue weighted by molar-refractivity contribution is -0.114. The second kappa shape index (κ2) is 10.7.